The van der Waals surface area contributed by atoms with Crippen LogP contribution in [-0.4, -0.2) is 36.1 Å². The Morgan fingerprint density at radius 3 is 2.29 bits per heavy atom. The van der Waals surface area contributed by atoms with Gasteiger partial charge in [-0.05, 0) is 17.7 Å². The Labute approximate surface area is 135 Å². The summed E-state index contributed by atoms with van der Waals surface area (Å²) in [5.74, 6) is 0.363. The van der Waals surface area contributed by atoms with E-state index in [1.807, 2.05) is 4.90 Å². The summed E-state index contributed by atoms with van der Waals surface area (Å²) in [5.41, 5.74) is 4.99. The molecule has 6 nitrogen and oxygen atoms in total. The lowest BCUT2D eigenvalue weighted by Gasteiger charge is -2.28. The maximum atomic E-state index is 12.6. The summed E-state index contributed by atoms with van der Waals surface area (Å²) in [4.78, 5) is 21.1. The highest BCUT2D eigenvalue weighted by Crippen LogP contribution is 2.31. The predicted octanol–water partition coefficient (Wildman–Crippen LogP) is 1.45. The van der Waals surface area contributed by atoms with Crippen molar-refractivity contribution in [2.75, 3.05) is 36.8 Å². The minimum Gasteiger partial charge on any atom is -0.383 e. The van der Waals surface area contributed by atoms with E-state index in [4.69, 9.17) is 5.73 Å². The highest BCUT2D eigenvalue weighted by atomic mass is 19.4. The third-order valence-electron chi connectivity index (χ3n) is 3.85. The Bertz CT molecular complexity index is 779. The summed E-state index contributed by atoms with van der Waals surface area (Å²) >= 11 is 0. The van der Waals surface area contributed by atoms with Gasteiger partial charge in [-0.1, -0.05) is 12.1 Å². The smallest absolute Gasteiger partial charge is 0.383 e. The molecule has 24 heavy (non-hydrogen) atoms. The fourth-order valence-electron chi connectivity index (χ4n) is 2.61. The molecule has 4 N–H and O–H groups in total. The zero-order chi connectivity index (χ0) is 17.3. The van der Waals surface area contributed by atoms with Crippen LogP contribution in [0.1, 0.15) is 5.56 Å². The Morgan fingerprint density at radius 2 is 1.75 bits per heavy atom. The summed E-state index contributed by atoms with van der Waals surface area (Å²) in [5, 5.41) is 3.18. The number of aromatic nitrogens is 2. The number of rotatable bonds is 2. The number of hydrogen-bond acceptors (Lipinski definition) is 5. The molecule has 0 saturated carbocycles. The molecule has 0 bridgehead atoms. The Kier molecular flexibility index (Phi) is 4.18. The van der Waals surface area contributed by atoms with Gasteiger partial charge in [0.05, 0.1) is 11.1 Å². The molecule has 1 aliphatic heterocycles. The summed E-state index contributed by atoms with van der Waals surface area (Å²) in [6.45, 7) is 2.90. The predicted molar refractivity (Wildman–Crippen MR) is 84.8 cm³/mol. The van der Waals surface area contributed by atoms with E-state index < -0.39 is 17.3 Å². The number of hydrogen-bond donors (Lipinski definition) is 3. The van der Waals surface area contributed by atoms with Gasteiger partial charge in [0, 0.05) is 26.2 Å². The molecular weight excluding hydrogens is 323 g/mol. The molecule has 128 valence electrons. The Hall–Kier alpha value is -2.55. The monoisotopic (exact) mass is 339 g/mol. The first-order chi connectivity index (χ1) is 11.4. The molecule has 1 saturated heterocycles. The third-order valence-corrected chi connectivity index (χ3v) is 3.85. The Balaban J connectivity index is 1.95. The van der Waals surface area contributed by atoms with E-state index in [0.717, 1.165) is 25.2 Å². The molecule has 1 aromatic carbocycles. The Morgan fingerprint density at radius 1 is 1.12 bits per heavy atom. The van der Waals surface area contributed by atoms with Gasteiger partial charge in [-0.25, -0.2) is 0 Å². The number of alkyl halides is 3. The molecule has 0 atom stereocenters. The van der Waals surface area contributed by atoms with Crippen LogP contribution in [0.2, 0.25) is 0 Å². The van der Waals surface area contributed by atoms with Crippen molar-refractivity contribution >= 4 is 11.8 Å². The van der Waals surface area contributed by atoms with Gasteiger partial charge in [-0.3, -0.25) is 9.78 Å². The molecular formula is C15H16F3N5O. The van der Waals surface area contributed by atoms with Crippen molar-refractivity contribution < 1.29 is 13.2 Å². The SMILES string of the molecule is Nc1nc(N2CCNCC2)[nH]c(=O)c1-c1ccc(C(F)(F)F)cc1. The number of benzene rings is 1. The average molecular weight is 339 g/mol. The van der Waals surface area contributed by atoms with E-state index in [1.54, 1.807) is 0 Å². The zero-order valence-electron chi connectivity index (χ0n) is 12.7. The van der Waals surface area contributed by atoms with Crippen LogP contribution in [0.15, 0.2) is 29.1 Å². The normalized spacial score (nSPS) is 15.5. The minimum atomic E-state index is -4.43. The number of piperazine rings is 1. The lowest BCUT2D eigenvalue weighted by atomic mass is 10.1. The van der Waals surface area contributed by atoms with Gasteiger partial charge in [0.2, 0.25) is 5.95 Å². The van der Waals surface area contributed by atoms with Crippen LogP contribution < -0.4 is 21.5 Å². The number of nitrogens with two attached hydrogens (primary N) is 1. The molecule has 1 fully saturated rings. The second kappa shape index (κ2) is 6.16. The number of nitrogens with zero attached hydrogens (tertiary/aromatic N) is 2. The van der Waals surface area contributed by atoms with E-state index in [1.165, 1.54) is 12.1 Å². The van der Waals surface area contributed by atoms with Gasteiger partial charge < -0.3 is 16.0 Å². The zero-order valence-corrected chi connectivity index (χ0v) is 12.7. The number of nitrogens with one attached hydrogen (secondary N) is 2. The number of halogens is 3. The van der Waals surface area contributed by atoms with Crippen molar-refractivity contribution in [3.8, 4) is 11.1 Å². The van der Waals surface area contributed by atoms with Gasteiger partial charge >= 0.3 is 6.18 Å². The first-order valence-corrected chi connectivity index (χ1v) is 7.39. The second-order valence-corrected chi connectivity index (χ2v) is 5.46. The largest absolute Gasteiger partial charge is 0.416 e. The van der Waals surface area contributed by atoms with Crippen LogP contribution in [0, 0.1) is 0 Å². The number of aromatic amines is 1. The van der Waals surface area contributed by atoms with Crippen LogP contribution in [0.4, 0.5) is 24.9 Å². The summed E-state index contributed by atoms with van der Waals surface area (Å²) in [6, 6.07) is 4.27. The number of anilines is 2. The van der Waals surface area contributed by atoms with E-state index >= 15 is 0 Å². The molecule has 2 heterocycles. The van der Waals surface area contributed by atoms with Crippen molar-refractivity contribution in [1.82, 2.24) is 15.3 Å². The molecule has 0 amide bonds. The maximum absolute atomic E-state index is 12.6. The van der Waals surface area contributed by atoms with Gasteiger partial charge in [-0.2, -0.15) is 18.2 Å². The van der Waals surface area contributed by atoms with E-state index in [-0.39, 0.29) is 11.4 Å². The summed E-state index contributed by atoms with van der Waals surface area (Å²) < 4.78 is 37.9. The van der Waals surface area contributed by atoms with E-state index in [2.05, 4.69) is 15.3 Å². The highest BCUT2D eigenvalue weighted by molar-refractivity contribution is 5.73. The number of H-pyrrole nitrogens is 1. The van der Waals surface area contributed by atoms with Crippen LogP contribution in [0.3, 0.4) is 0 Å². The van der Waals surface area contributed by atoms with Gasteiger partial charge in [-0.15, -0.1) is 0 Å². The topological polar surface area (TPSA) is 87.0 Å². The third kappa shape index (κ3) is 3.21. The highest BCUT2D eigenvalue weighted by Gasteiger charge is 2.30. The molecule has 0 unspecified atom stereocenters. The van der Waals surface area contributed by atoms with E-state index in [9.17, 15) is 18.0 Å². The molecule has 0 spiro atoms. The van der Waals surface area contributed by atoms with Crippen LogP contribution >= 0.6 is 0 Å². The number of nitrogen functional groups attached to an aromatic ring is 1. The average Bonchev–Trinajstić information content (AvgIpc) is 2.54. The van der Waals surface area contributed by atoms with Gasteiger partial charge in [0.1, 0.15) is 5.82 Å². The van der Waals surface area contributed by atoms with Crippen molar-refractivity contribution in [3.05, 3.63) is 40.2 Å². The van der Waals surface area contributed by atoms with Crippen LogP contribution in [-0.2, 0) is 6.18 Å². The molecule has 0 aliphatic carbocycles. The lowest BCUT2D eigenvalue weighted by molar-refractivity contribution is -0.137. The second-order valence-electron chi connectivity index (χ2n) is 5.46. The van der Waals surface area contributed by atoms with Crippen LogP contribution in [0.25, 0.3) is 11.1 Å². The first-order valence-electron chi connectivity index (χ1n) is 7.39. The lowest BCUT2D eigenvalue weighted by Crippen LogP contribution is -2.44. The maximum Gasteiger partial charge on any atom is 0.416 e. The minimum absolute atomic E-state index is 0.00737. The quantitative estimate of drug-likeness (QED) is 0.771. The summed E-state index contributed by atoms with van der Waals surface area (Å²) in [7, 11) is 0. The van der Waals surface area contributed by atoms with Crippen molar-refractivity contribution in [2.24, 2.45) is 0 Å². The van der Waals surface area contributed by atoms with Crippen molar-refractivity contribution in [2.45, 2.75) is 6.18 Å². The van der Waals surface area contributed by atoms with Crippen LogP contribution in [0.5, 0.6) is 0 Å². The molecule has 1 aliphatic rings. The van der Waals surface area contributed by atoms with Gasteiger partial charge in [0.25, 0.3) is 5.56 Å². The molecule has 3 rings (SSSR count). The van der Waals surface area contributed by atoms with E-state index in [0.29, 0.717) is 24.6 Å². The fraction of sp³-hybridized carbons (Fsp3) is 0.333. The fourth-order valence-corrected chi connectivity index (χ4v) is 2.61. The van der Waals surface area contributed by atoms with Crippen molar-refractivity contribution in [3.63, 3.8) is 0 Å². The standard InChI is InChI=1S/C15H16F3N5O/c16-15(17,18)10-3-1-9(2-4-10)11-12(19)21-14(22-13(11)24)23-7-5-20-6-8-23/h1-4,20H,5-8H2,(H3,19,21,22,24). The molecule has 1 aromatic heterocycles. The molecule has 2 aromatic rings. The molecule has 9 heteroatoms. The molecule has 0 radical (unpaired) electrons. The summed E-state index contributed by atoms with van der Waals surface area (Å²) in [6.07, 6.45) is -4.43. The first kappa shape index (κ1) is 16.3. The van der Waals surface area contributed by atoms with Crippen molar-refractivity contribution in [1.29, 1.82) is 0 Å². The van der Waals surface area contributed by atoms with Gasteiger partial charge in [0.15, 0.2) is 0 Å².